The van der Waals surface area contributed by atoms with Crippen molar-refractivity contribution < 1.29 is 9.90 Å². The number of rotatable bonds is 9. The van der Waals surface area contributed by atoms with Crippen LogP contribution in [0.3, 0.4) is 0 Å². The lowest BCUT2D eigenvalue weighted by atomic mass is 9.69. The van der Waals surface area contributed by atoms with Gasteiger partial charge in [0.05, 0.1) is 6.10 Å². The zero-order chi connectivity index (χ0) is 27.3. The number of benzene rings is 2. The van der Waals surface area contributed by atoms with Gasteiger partial charge >= 0.3 is 0 Å². The van der Waals surface area contributed by atoms with Gasteiger partial charge < -0.3 is 5.11 Å². The van der Waals surface area contributed by atoms with E-state index in [0.29, 0.717) is 6.42 Å². The molecule has 2 unspecified atom stereocenters. The molecule has 1 aromatic heterocycles. The summed E-state index contributed by atoms with van der Waals surface area (Å²) in [5.74, 6) is 2.43. The Hall–Kier alpha value is -2.69. The van der Waals surface area contributed by atoms with Gasteiger partial charge in [-0.3, -0.25) is 9.78 Å². The molecule has 0 aliphatic carbocycles. The normalized spacial score (nSPS) is 18.2. The van der Waals surface area contributed by atoms with Gasteiger partial charge in [0, 0.05) is 41.5 Å². The number of aryl methyl sites for hydroxylation is 2. The van der Waals surface area contributed by atoms with Gasteiger partial charge in [0.1, 0.15) is 5.78 Å². The molecular formula is C34H41NO2S. The van der Waals surface area contributed by atoms with Crippen molar-refractivity contribution in [3.8, 4) is 11.1 Å². The Morgan fingerprint density at radius 1 is 1.05 bits per heavy atom. The standard InChI is InChI=1S/C34H41NO2S/c1-6-34(7-2,30-11-10-27(23(3)16-30)8-9-28-22-38-15-14-33(28)37)31-12-13-32(24(4)17-31)29-19-26(18-25(5)36)20-35-21-29/h8-13,16-17,19-21,28,33,37H,6-7,14-15,18,22H2,1-5H3/b9-8+. The van der Waals surface area contributed by atoms with Gasteiger partial charge in [-0.1, -0.05) is 62.4 Å². The van der Waals surface area contributed by atoms with E-state index in [1.165, 1.54) is 27.8 Å². The molecule has 1 fully saturated rings. The molecule has 4 heteroatoms. The molecule has 2 heterocycles. The van der Waals surface area contributed by atoms with Gasteiger partial charge in [0.25, 0.3) is 0 Å². The van der Waals surface area contributed by atoms with Crippen molar-refractivity contribution in [1.29, 1.82) is 0 Å². The average Bonchev–Trinajstić information content (AvgIpc) is 2.90. The maximum absolute atomic E-state index is 11.6. The van der Waals surface area contributed by atoms with E-state index in [0.717, 1.165) is 47.5 Å². The highest BCUT2D eigenvalue weighted by atomic mass is 32.2. The van der Waals surface area contributed by atoms with Gasteiger partial charge in [-0.2, -0.15) is 11.8 Å². The number of carbonyl (C=O) groups is 1. The quantitative estimate of drug-likeness (QED) is 0.309. The van der Waals surface area contributed by atoms with Crippen LogP contribution in [0.5, 0.6) is 0 Å². The van der Waals surface area contributed by atoms with Crippen LogP contribution >= 0.6 is 11.8 Å². The number of aromatic nitrogens is 1. The number of carbonyl (C=O) groups excluding carboxylic acids is 1. The van der Waals surface area contributed by atoms with Crippen LogP contribution in [-0.2, 0) is 16.6 Å². The third-order valence-electron chi connectivity index (χ3n) is 8.25. The minimum absolute atomic E-state index is 0.0682. The SMILES string of the molecule is CCC(CC)(c1ccc(/C=C/C2CSCCC2O)c(C)c1)c1ccc(-c2cncc(CC(C)=O)c2)c(C)c1. The van der Waals surface area contributed by atoms with Crippen molar-refractivity contribution in [1.82, 2.24) is 4.98 Å². The van der Waals surface area contributed by atoms with Crippen LogP contribution in [0.1, 0.15) is 73.4 Å². The number of thioether (sulfide) groups is 1. The molecule has 38 heavy (non-hydrogen) atoms. The molecule has 1 aliphatic rings. The predicted octanol–water partition coefficient (Wildman–Crippen LogP) is 7.73. The fourth-order valence-electron chi connectivity index (χ4n) is 5.86. The molecule has 0 saturated carbocycles. The van der Waals surface area contributed by atoms with Gasteiger partial charge in [0.2, 0.25) is 0 Å². The lowest BCUT2D eigenvalue weighted by molar-refractivity contribution is -0.116. The second-order valence-electron chi connectivity index (χ2n) is 10.8. The van der Waals surface area contributed by atoms with E-state index in [1.807, 2.05) is 18.0 Å². The summed E-state index contributed by atoms with van der Waals surface area (Å²) >= 11 is 1.93. The summed E-state index contributed by atoms with van der Waals surface area (Å²) < 4.78 is 0. The zero-order valence-corrected chi connectivity index (χ0v) is 24.3. The number of Topliss-reactive ketones (excluding diaryl/α,β-unsaturated/α-hetero) is 1. The molecule has 1 N–H and O–H groups in total. The monoisotopic (exact) mass is 527 g/mol. The molecule has 1 saturated heterocycles. The third-order valence-corrected chi connectivity index (χ3v) is 9.40. The van der Waals surface area contributed by atoms with Crippen LogP contribution in [0.2, 0.25) is 0 Å². The fourth-order valence-corrected chi connectivity index (χ4v) is 7.04. The van der Waals surface area contributed by atoms with Crippen LogP contribution in [0.25, 0.3) is 17.2 Å². The lowest BCUT2D eigenvalue weighted by Gasteiger charge is -2.34. The number of aliphatic hydroxyl groups excluding tert-OH is 1. The summed E-state index contributed by atoms with van der Waals surface area (Å²) in [4.78, 5) is 16.0. The molecular weight excluding hydrogens is 486 g/mol. The van der Waals surface area contributed by atoms with Gasteiger partial charge in [0.15, 0.2) is 0 Å². The minimum atomic E-state index is -0.224. The van der Waals surface area contributed by atoms with E-state index < -0.39 is 0 Å². The summed E-state index contributed by atoms with van der Waals surface area (Å²) in [5.41, 5.74) is 9.50. The number of ketones is 1. The first kappa shape index (κ1) is 28.3. The van der Waals surface area contributed by atoms with Gasteiger partial charge in [-0.25, -0.2) is 0 Å². The van der Waals surface area contributed by atoms with Gasteiger partial charge in [-0.15, -0.1) is 0 Å². The van der Waals surface area contributed by atoms with Crippen LogP contribution < -0.4 is 0 Å². The highest BCUT2D eigenvalue weighted by molar-refractivity contribution is 7.99. The Balaban J connectivity index is 1.64. The van der Waals surface area contributed by atoms with E-state index in [1.54, 1.807) is 13.1 Å². The van der Waals surface area contributed by atoms with E-state index in [-0.39, 0.29) is 23.2 Å². The van der Waals surface area contributed by atoms with E-state index in [2.05, 4.69) is 87.3 Å². The molecule has 0 amide bonds. The van der Waals surface area contributed by atoms with Crippen molar-refractivity contribution in [2.24, 2.45) is 5.92 Å². The fraction of sp³-hybridized carbons (Fsp3) is 0.412. The van der Waals surface area contributed by atoms with Crippen LogP contribution in [-0.4, -0.2) is 33.5 Å². The highest BCUT2D eigenvalue weighted by Crippen LogP contribution is 2.41. The highest BCUT2D eigenvalue weighted by Gasteiger charge is 2.31. The molecule has 0 bridgehead atoms. The molecule has 2 aromatic carbocycles. The van der Waals surface area contributed by atoms with Crippen molar-refractivity contribution in [3.63, 3.8) is 0 Å². The summed E-state index contributed by atoms with van der Waals surface area (Å²) in [5, 5.41) is 10.3. The first-order valence-corrected chi connectivity index (χ1v) is 15.0. The molecule has 0 spiro atoms. The van der Waals surface area contributed by atoms with Gasteiger partial charge in [-0.05, 0) is 90.8 Å². The number of nitrogens with zero attached hydrogens (tertiary/aromatic N) is 1. The molecule has 3 aromatic rings. The van der Waals surface area contributed by atoms with Crippen molar-refractivity contribution in [2.75, 3.05) is 11.5 Å². The summed E-state index contributed by atoms with van der Waals surface area (Å²) in [6.07, 6.45) is 11.2. The average molecular weight is 528 g/mol. The number of hydrogen-bond acceptors (Lipinski definition) is 4. The Morgan fingerprint density at radius 3 is 2.39 bits per heavy atom. The smallest absolute Gasteiger partial charge is 0.134 e. The lowest BCUT2D eigenvalue weighted by Crippen LogP contribution is -2.26. The Labute approximate surface area is 232 Å². The summed E-state index contributed by atoms with van der Waals surface area (Å²) in [7, 11) is 0. The minimum Gasteiger partial charge on any atom is -0.392 e. The number of pyridine rings is 1. The molecule has 200 valence electrons. The Kier molecular flexibility index (Phi) is 9.27. The molecule has 2 atom stereocenters. The van der Waals surface area contributed by atoms with Crippen LogP contribution in [0, 0.1) is 19.8 Å². The Morgan fingerprint density at radius 2 is 1.76 bits per heavy atom. The maximum Gasteiger partial charge on any atom is 0.134 e. The zero-order valence-electron chi connectivity index (χ0n) is 23.5. The molecule has 1 aliphatic heterocycles. The first-order valence-electron chi connectivity index (χ1n) is 13.9. The molecule has 0 radical (unpaired) electrons. The van der Waals surface area contributed by atoms with E-state index >= 15 is 0 Å². The summed E-state index contributed by atoms with van der Waals surface area (Å²) in [6.45, 7) is 10.6. The van der Waals surface area contributed by atoms with Crippen molar-refractivity contribution >= 4 is 23.6 Å². The van der Waals surface area contributed by atoms with Crippen LogP contribution in [0.4, 0.5) is 0 Å². The molecule has 4 rings (SSSR count). The third kappa shape index (κ3) is 6.13. The predicted molar refractivity (Wildman–Crippen MR) is 162 cm³/mol. The molecule has 3 nitrogen and oxygen atoms in total. The topological polar surface area (TPSA) is 50.2 Å². The number of aliphatic hydroxyl groups is 1. The van der Waals surface area contributed by atoms with Crippen LogP contribution in [0.15, 0.2) is 60.9 Å². The van der Waals surface area contributed by atoms with E-state index in [9.17, 15) is 9.90 Å². The second-order valence-corrected chi connectivity index (χ2v) is 12.0. The maximum atomic E-state index is 11.6. The number of hydrogen-bond donors (Lipinski definition) is 1. The van der Waals surface area contributed by atoms with E-state index in [4.69, 9.17) is 0 Å². The van der Waals surface area contributed by atoms with Crippen molar-refractivity contribution in [2.45, 2.75) is 71.8 Å². The largest absolute Gasteiger partial charge is 0.392 e. The first-order chi connectivity index (χ1) is 18.3. The summed E-state index contributed by atoms with van der Waals surface area (Å²) in [6, 6.07) is 15.8. The second kappa shape index (κ2) is 12.4. The Bertz CT molecular complexity index is 1310. The van der Waals surface area contributed by atoms with Crippen molar-refractivity contribution in [3.05, 3.63) is 94.3 Å².